The van der Waals surface area contributed by atoms with Gasteiger partial charge in [-0.2, -0.15) is 0 Å². The lowest BCUT2D eigenvalue weighted by molar-refractivity contribution is 1.30. The molecule has 0 aliphatic carbocycles. The van der Waals surface area contributed by atoms with Gasteiger partial charge in [-0.05, 0) is 5.56 Å². The van der Waals surface area contributed by atoms with Crippen LogP contribution in [0.25, 0.3) is 11.1 Å². The molecule has 0 unspecified atom stereocenters. The Labute approximate surface area is 86.2 Å². The van der Waals surface area contributed by atoms with Gasteiger partial charge in [-0.3, -0.25) is 4.79 Å². The second-order valence-corrected chi connectivity index (χ2v) is 3.27. The summed E-state index contributed by atoms with van der Waals surface area (Å²) in [6, 6.07) is 10.8. The third kappa shape index (κ3) is 1.56. The highest BCUT2D eigenvalue weighted by atomic mass is 35.5. The summed E-state index contributed by atoms with van der Waals surface area (Å²) in [7, 11) is 0. The molecule has 0 fully saturated rings. The molecule has 1 heterocycles. The molecule has 14 heavy (non-hydrogen) atoms. The molecule has 0 saturated heterocycles. The molecule has 0 saturated carbocycles. The summed E-state index contributed by atoms with van der Waals surface area (Å²) in [5, 5.41) is 0.378. The first kappa shape index (κ1) is 9.03. The average molecular weight is 206 g/mol. The molecule has 3 heteroatoms. The van der Waals surface area contributed by atoms with E-state index in [9.17, 15) is 4.79 Å². The molecule has 0 bridgehead atoms. The molecule has 1 aromatic carbocycles. The number of rotatable bonds is 1. The molecule has 2 rings (SSSR count). The number of hydrogen-bond donors (Lipinski definition) is 1. The maximum Gasteiger partial charge on any atom is 0.190 e. The van der Waals surface area contributed by atoms with E-state index in [2.05, 4.69) is 4.98 Å². The molecule has 1 N–H and O–H groups in total. The van der Waals surface area contributed by atoms with E-state index >= 15 is 0 Å². The number of aromatic amines is 1. The monoisotopic (exact) mass is 205 g/mol. The minimum absolute atomic E-state index is 0.0695. The number of pyridine rings is 1. The van der Waals surface area contributed by atoms with E-state index in [1.54, 1.807) is 0 Å². The average Bonchev–Trinajstić information content (AvgIpc) is 2.19. The smallest absolute Gasteiger partial charge is 0.190 e. The van der Waals surface area contributed by atoms with Gasteiger partial charge in [-0.25, -0.2) is 0 Å². The predicted molar refractivity (Wildman–Crippen MR) is 57.5 cm³/mol. The topological polar surface area (TPSA) is 32.9 Å². The molecule has 2 aromatic rings. The Morgan fingerprint density at radius 1 is 1.07 bits per heavy atom. The first-order valence-corrected chi connectivity index (χ1v) is 4.59. The first-order chi connectivity index (χ1) is 6.79. The van der Waals surface area contributed by atoms with Crippen LogP contribution >= 0.6 is 11.6 Å². The van der Waals surface area contributed by atoms with Gasteiger partial charge in [0.25, 0.3) is 0 Å². The Hall–Kier alpha value is -1.54. The molecule has 0 aliphatic rings. The Morgan fingerprint density at radius 2 is 1.79 bits per heavy atom. The van der Waals surface area contributed by atoms with Crippen LogP contribution in [0.5, 0.6) is 0 Å². The summed E-state index contributed by atoms with van der Waals surface area (Å²) in [5.41, 5.74) is 1.29. The minimum atomic E-state index is -0.0695. The van der Waals surface area contributed by atoms with Crippen LogP contribution < -0.4 is 5.43 Å². The molecule has 0 aliphatic heterocycles. The maximum absolute atomic E-state index is 11.5. The van der Waals surface area contributed by atoms with Crippen LogP contribution in [-0.2, 0) is 0 Å². The van der Waals surface area contributed by atoms with Crippen molar-refractivity contribution < 1.29 is 0 Å². The molecule has 1 aromatic heterocycles. The van der Waals surface area contributed by atoms with E-state index in [1.807, 2.05) is 30.3 Å². The van der Waals surface area contributed by atoms with Crippen LogP contribution in [0.15, 0.2) is 47.4 Å². The number of hydrogen-bond acceptors (Lipinski definition) is 1. The van der Waals surface area contributed by atoms with Gasteiger partial charge >= 0.3 is 0 Å². The number of aromatic nitrogens is 1. The summed E-state index contributed by atoms with van der Waals surface area (Å²) in [4.78, 5) is 14.3. The van der Waals surface area contributed by atoms with Gasteiger partial charge in [0.1, 0.15) is 5.15 Å². The van der Waals surface area contributed by atoms with Crippen molar-refractivity contribution in [3.05, 3.63) is 58.0 Å². The van der Waals surface area contributed by atoms with Crippen molar-refractivity contribution in [1.82, 2.24) is 4.98 Å². The molecule has 0 spiro atoms. The largest absolute Gasteiger partial charge is 0.352 e. The zero-order valence-electron chi connectivity index (χ0n) is 7.33. The van der Waals surface area contributed by atoms with Gasteiger partial charge in [0.05, 0.1) is 5.56 Å². The first-order valence-electron chi connectivity index (χ1n) is 4.21. The lowest BCUT2D eigenvalue weighted by Gasteiger charge is -2.01. The van der Waals surface area contributed by atoms with Gasteiger partial charge in [0.2, 0.25) is 0 Å². The standard InChI is InChI=1S/C11H8ClNO/c12-11-10(9(14)6-7-13-11)8-4-2-1-3-5-8/h1-7H,(H,13,14). The zero-order valence-corrected chi connectivity index (χ0v) is 8.08. The zero-order chi connectivity index (χ0) is 9.97. The summed E-state index contributed by atoms with van der Waals surface area (Å²) < 4.78 is 0. The molecular formula is C11H8ClNO. The number of halogens is 1. The summed E-state index contributed by atoms with van der Waals surface area (Å²) in [6.45, 7) is 0. The van der Waals surface area contributed by atoms with Crippen molar-refractivity contribution >= 4 is 11.6 Å². The predicted octanol–water partition coefficient (Wildman–Crippen LogP) is 2.70. The van der Waals surface area contributed by atoms with Gasteiger partial charge in [-0.15, -0.1) is 0 Å². The second-order valence-electron chi connectivity index (χ2n) is 2.90. The Bertz CT molecular complexity index is 490. The third-order valence-electron chi connectivity index (χ3n) is 1.97. The van der Waals surface area contributed by atoms with E-state index < -0.39 is 0 Å². The van der Waals surface area contributed by atoms with Crippen molar-refractivity contribution in [2.45, 2.75) is 0 Å². The SMILES string of the molecule is O=c1cc[nH]c(Cl)c1-c1ccccc1. The van der Waals surface area contributed by atoms with E-state index in [4.69, 9.17) is 11.6 Å². The highest BCUT2D eigenvalue weighted by Gasteiger charge is 2.06. The fraction of sp³-hybridized carbons (Fsp3) is 0. The fourth-order valence-corrected chi connectivity index (χ4v) is 1.59. The van der Waals surface area contributed by atoms with Crippen LogP contribution in [0.2, 0.25) is 5.15 Å². The number of H-pyrrole nitrogens is 1. The second kappa shape index (κ2) is 3.68. The van der Waals surface area contributed by atoms with Crippen molar-refractivity contribution in [1.29, 1.82) is 0 Å². The Morgan fingerprint density at radius 3 is 2.43 bits per heavy atom. The molecule has 0 radical (unpaired) electrons. The van der Waals surface area contributed by atoms with E-state index in [-0.39, 0.29) is 5.43 Å². The van der Waals surface area contributed by atoms with Gasteiger partial charge in [0.15, 0.2) is 5.43 Å². The fourth-order valence-electron chi connectivity index (χ4n) is 1.33. The van der Waals surface area contributed by atoms with Crippen LogP contribution in [0.4, 0.5) is 0 Å². The quantitative estimate of drug-likeness (QED) is 0.714. The molecule has 0 amide bonds. The Kier molecular flexibility index (Phi) is 2.37. The van der Waals surface area contributed by atoms with Crippen molar-refractivity contribution in [2.24, 2.45) is 0 Å². The van der Waals surface area contributed by atoms with Crippen molar-refractivity contribution in [3.8, 4) is 11.1 Å². The van der Waals surface area contributed by atoms with Gasteiger partial charge in [0, 0.05) is 12.3 Å². The van der Waals surface area contributed by atoms with E-state index in [0.717, 1.165) is 5.56 Å². The van der Waals surface area contributed by atoms with Crippen LogP contribution in [0, 0.1) is 0 Å². The lowest BCUT2D eigenvalue weighted by atomic mass is 10.1. The van der Waals surface area contributed by atoms with Gasteiger partial charge in [-0.1, -0.05) is 41.9 Å². The van der Waals surface area contributed by atoms with Gasteiger partial charge < -0.3 is 4.98 Å². The highest BCUT2D eigenvalue weighted by molar-refractivity contribution is 6.32. The highest BCUT2D eigenvalue weighted by Crippen LogP contribution is 2.21. The number of benzene rings is 1. The van der Waals surface area contributed by atoms with E-state index in [0.29, 0.717) is 10.7 Å². The summed E-state index contributed by atoms with van der Waals surface area (Å²) in [6.07, 6.45) is 1.54. The van der Waals surface area contributed by atoms with E-state index in [1.165, 1.54) is 12.3 Å². The maximum atomic E-state index is 11.5. The van der Waals surface area contributed by atoms with Crippen molar-refractivity contribution in [2.75, 3.05) is 0 Å². The minimum Gasteiger partial charge on any atom is -0.352 e. The van der Waals surface area contributed by atoms with Crippen LogP contribution in [-0.4, -0.2) is 4.98 Å². The molecule has 70 valence electrons. The molecule has 0 atom stereocenters. The molecular weight excluding hydrogens is 198 g/mol. The normalized spacial score (nSPS) is 10.1. The lowest BCUT2D eigenvalue weighted by Crippen LogP contribution is -2.03. The molecule has 2 nitrogen and oxygen atoms in total. The summed E-state index contributed by atoms with van der Waals surface area (Å²) >= 11 is 5.91. The van der Waals surface area contributed by atoms with Crippen molar-refractivity contribution in [3.63, 3.8) is 0 Å². The summed E-state index contributed by atoms with van der Waals surface area (Å²) in [5.74, 6) is 0. The van der Waals surface area contributed by atoms with Crippen LogP contribution in [0.3, 0.4) is 0 Å². The Balaban J connectivity index is 2.69. The third-order valence-corrected chi connectivity index (χ3v) is 2.27. The van der Waals surface area contributed by atoms with Crippen LogP contribution in [0.1, 0.15) is 0 Å². The number of nitrogens with one attached hydrogen (secondary N) is 1.